The van der Waals surface area contributed by atoms with E-state index in [-0.39, 0.29) is 24.5 Å². The molecule has 0 amide bonds. The second kappa shape index (κ2) is 9.54. The number of ether oxygens (including phenoxy) is 3. The van der Waals surface area contributed by atoms with Gasteiger partial charge in [0.05, 0.1) is 18.8 Å². The predicted molar refractivity (Wildman–Crippen MR) is 102 cm³/mol. The maximum absolute atomic E-state index is 14.3. The lowest BCUT2D eigenvalue weighted by Gasteiger charge is -2.32. The van der Waals surface area contributed by atoms with Gasteiger partial charge in [0.2, 0.25) is 11.6 Å². The third-order valence-corrected chi connectivity index (χ3v) is 5.99. The summed E-state index contributed by atoms with van der Waals surface area (Å²) in [4.78, 5) is 0. The monoisotopic (exact) mass is 418 g/mol. The lowest BCUT2D eigenvalue weighted by molar-refractivity contribution is -0.273. The molecule has 1 saturated carbocycles. The predicted octanol–water partition coefficient (Wildman–Crippen LogP) is 6.42. The van der Waals surface area contributed by atoms with E-state index in [4.69, 9.17) is 14.2 Å². The minimum atomic E-state index is -3.24. The van der Waals surface area contributed by atoms with Crippen molar-refractivity contribution in [3.63, 3.8) is 0 Å². The van der Waals surface area contributed by atoms with Crippen LogP contribution in [0.5, 0.6) is 11.5 Å². The van der Waals surface area contributed by atoms with E-state index in [1.807, 2.05) is 0 Å². The van der Waals surface area contributed by atoms with Crippen LogP contribution in [0.3, 0.4) is 0 Å². The first-order valence-electron chi connectivity index (χ1n) is 10.7. The molecule has 1 aliphatic heterocycles. The molecule has 3 nitrogen and oxygen atoms in total. The molecule has 0 aromatic heterocycles. The Bertz CT molecular complexity index is 687. The van der Waals surface area contributed by atoms with Gasteiger partial charge in [-0.1, -0.05) is 13.3 Å². The molecule has 2 aliphatic rings. The highest BCUT2D eigenvalue weighted by atomic mass is 19.3. The maximum Gasteiger partial charge on any atom is 0.356 e. The third kappa shape index (κ3) is 5.56. The van der Waals surface area contributed by atoms with Gasteiger partial charge in [0.15, 0.2) is 11.5 Å². The zero-order valence-corrected chi connectivity index (χ0v) is 17.1. The van der Waals surface area contributed by atoms with Crippen LogP contribution in [-0.4, -0.2) is 24.9 Å². The van der Waals surface area contributed by atoms with E-state index in [2.05, 4.69) is 6.92 Å². The van der Waals surface area contributed by atoms with Crippen molar-refractivity contribution < 1.29 is 31.8 Å². The van der Waals surface area contributed by atoms with Gasteiger partial charge in [-0.05, 0) is 63.9 Å². The molecule has 1 heterocycles. The quantitative estimate of drug-likeness (QED) is 0.456. The number of fused-ring (bicyclic) bond motifs is 1. The Hall–Kier alpha value is -1.50. The Labute approximate surface area is 169 Å². The number of rotatable bonds is 8. The fourth-order valence-electron chi connectivity index (χ4n) is 4.24. The first-order valence-corrected chi connectivity index (χ1v) is 10.7. The van der Waals surface area contributed by atoms with Crippen LogP contribution in [0.25, 0.3) is 0 Å². The van der Waals surface area contributed by atoms with Gasteiger partial charge in [-0.25, -0.2) is 0 Å². The third-order valence-electron chi connectivity index (χ3n) is 5.99. The summed E-state index contributed by atoms with van der Waals surface area (Å²) in [5.74, 6) is -1.96. The summed E-state index contributed by atoms with van der Waals surface area (Å²) in [5.41, 5.74) is 0.499. The summed E-state index contributed by atoms with van der Waals surface area (Å²) >= 11 is 0. The van der Waals surface area contributed by atoms with Gasteiger partial charge in [-0.3, -0.25) is 0 Å². The minimum Gasteiger partial charge on any atom is -0.491 e. The lowest BCUT2D eigenvalue weighted by atomic mass is 9.86. The molecule has 1 aromatic carbocycles. The molecular formula is C22H30F4O3. The number of alkyl halides is 2. The molecule has 3 rings (SSSR count). The Morgan fingerprint density at radius 1 is 1.07 bits per heavy atom. The number of benzene rings is 1. The number of halogens is 4. The molecule has 1 aromatic rings. The fraction of sp³-hybridized carbons (Fsp3) is 0.727. The molecule has 1 atom stereocenters. The standard InChI is InChI=1S/C22H30F4O3/c1-3-14-5-8-17(9-6-14)29-22(25,26)12-11-16-10-7-15-13-18(27-4-2)19(23)20(24)21(15)28-16/h13-14,16-17H,3-12H2,1-2H3. The van der Waals surface area contributed by atoms with Crippen molar-refractivity contribution in [3.05, 3.63) is 23.3 Å². The first kappa shape index (κ1) is 22.2. The SMILES string of the molecule is CCOc1cc2c(c(F)c1F)OC(CCC(F)(F)OC1CCC(CC)CC1)CC2. The van der Waals surface area contributed by atoms with Crippen molar-refractivity contribution in [3.8, 4) is 11.5 Å². The second-order valence-corrected chi connectivity index (χ2v) is 8.05. The van der Waals surface area contributed by atoms with Gasteiger partial charge in [0.1, 0.15) is 0 Å². The maximum atomic E-state index is 14.3. The summed E-state index contributed by atoms with van der Waals surface area (Å²) in [6, 6.07) is 1.43. The highest BCUT2D eigenvalue weighted by Crippen LogP contribution is 2.39. The summed E-state index contributed by atoms with van der Waals surface area (Å²) in [7, 11) is 0. The van der Waals surface area contributed by atoms with Crippen LogP contribution >= 0.6 is 0 Å². The van der Waals surface area contributed by atoms with Gasteiger partial charge >= 0.3 is 6.11 Å². The zero-order valence-electron chi connectivity index (χ0n) is 17.1. The molecule has 1 unspecified atom stereocenters. The number of hydrogen-bond acceptors (Lipinski definition) is 3. The first-order chi connectivity index (χ1) is 13.8. The van der Waals surface area contributed by atoms with Gasteiger partial charge in [0, 0.05) is 12.0 Å². The van der Waals surface area contributed by atoms with Crippen LogP contribution in [0.15, 0.2) is 6.07 Å². The Balaban J connectivity index is 1.54. The average molecular weight is 418 g/mol. The highest BCUT2D eigenvalue weighted by molar-refractivity contribution is 5.44. The van der Waals surface area contributed by atoms with Crippen LogP contribution in [-0.2, 0) is 11.2 Å². The molecule has 29 heavy (non-hydrogen) atoms. The zero-order chi connectivity index (χ0) is 21.0. The summed E-state index contributed by atoms with van der Waals surface area (Å²) in [6.07, 6.45) is 0.399. The van der Waals surface area contributed by atoms with Crippen LogP contribution in [0.1, 0.15) is 70.8 Å². The Kier molecular flexibility index (Phi) is 7.30. The van der Waals surface area contributed by atoms with E-state index in [1.54, 1.807) is 6.92 Å². The van der Waals surface area contributed by atoms with Crippen molar-refractivity contribution in [2.45, 2.75) is 90.0 Å². The Morgan fingerprint density at radius 2 is 1.79 bits per heavy atom. The van der Waals surface area contributed by atoms with E-state index in [0.717, 1.165) is 19.3 Å². The second-order valence-electron chi connectivity index (χ2n) is 8.05. The molecule has 0 radical (unpaired) electrons. The molecule has 0 N–H and O–H groups in total. The summed E-state index contributed by atoms with van der Waals surface area (Å²) < 4.78 is 72.7. The number of hydrogen-bond donors (Lipinski definition) is 0. The molecule has 1 aliphatic carbocycles. The highest BCUT2D eigenvalue weighted by Gasteiger charge is 2.37. The minimum absolute atomic E-state index is 0.0189. The van der Waals surface area contributed by atoms with Crippen molar-refractivity contribution in [1.29, 1.82) is 0 Å². The van der Waals surface area contributed by atoms with E-state index < -0.39 is 36.4 Å². The van der Waals surface area contributed by atoms with E-state index in [9.17, 15) is 17.6 Å². The van der Waals surface area contributed by atoms with Gasteiger partial charge in [-0.15, -0.1) is 0 Å². The van der Waals surface area contributed by atoms with Gasteiger partial charge in [-0.2, -0.15) is 17.6 Å². The van der Waals surface area contributed by atoms with E-state index in [0.29, 0.717) is 37.2 Å². The normalized spacial score (nSPS) is 24.7. The van der Waals surface area contributed by atoms with Gasteiger partial charge in [0.25, 0.3) is 0 Å². The van der Waals surface area contributed by atoms with Crippen LogP contribution in [0.2, 0.25) is 0 Å². The molecule has 0 bridgehead atoms. The van der Waals surface area contributed by atoms with Crippen LogP contribution in [0, 0.1) is 17.6 Å². The molecule has 1 fully saturated rings. The fourth-order valence-corrected chi connectivity index (χ4v) is 4.24. The summed E-state index contributed by atoms with van der Waals surface area (Å²) in [5, 5.41) is 0. The van der Waals surface area contributed by atoms with Crippen molar-refractivity contribution in [2.24, 2.45) is 5.92 Å². The van der Waals surface area contributed by atoms with Crippen molar-refractivity contribution >= 4 is 0 Å². The smallest absolute Gasteiger partial charge is 0.356 e. The van der Waals surface area contributed by atoms with Crippen molar-refractivity contribution in [2.75, 3.05) is 6.61 Å². The van der Waals surface area contributed by atoms with Crippen molar-refractivity contribution in [1.82, 2.24) is 0 Å². The lowest BCUT2D eigenvalue weighted by Crippen LogP contribution is -2.33. The van der Waals surface area contributed by atoms with Crippen LogP contribution in [0.4, 0.5) is 17.6 Å². The molecule has 7 heteroatoms. The average Bonchev–Trinajstić information content (AvgIpc) is 2.71. The Morgan fingerprint density at radius 3 is 2.45 bits per heavy atom. The molecule has 0 spiro atoms. The molecule has 0 saturated heterocycles. The largest absolute Gasteiger partial charge is 0.491 e. The molecule has 164 valence electrons. The van der Waals surface area contributed by atoms with Crippen LogP contribution < -0.4 is 9.47 Å². The topological polar surface area (TPSA) is 27.7 Å². The number of aryl methyl sites for hydroxylation is 1. The van der Waals surface area contributed by atoms with E-state index in [1.165, 1.54) is 6.07 Å². The van der Waals surface area contributed by atoms with E-state index >= 15 is 0 Å². The summed E-state index contributed by atoms with van der Waals surface area (Å²) in [6.45, 7) is 4.02. The van der Waals surface area contributed by atoms with Gasteiger partial charge < -0.3 is 14.2 Å². The molecular weight excluding hydrogens is 388 g/mol.